The molecule has 0 aromatic carbocycles. The maximum absolute atomic E-state index is 12.3. The Morgan fingerprint density at radius 3 is 2.76 bits per heavy atom. The van der Waals surface area contributed by atoms with Crippen LogP contribution in [0.3, 0.4) is 0 Å². The van der Waals surface area contributed by atoms with Crippen LogP contribution in [-0.2, 0) is 14.3 Å². The Hall–Kier alpha value is -0.890. The number of esters is 1. The lowest BCUT2D eigenvalue weighted by Gasteiger charge is -2.40. The summed E-state index contributed by atoms with van der Waals surface area (Å²) >= 11 is 3.37. The maximum Gasteiger partial charge on any atom is 0.309 e. The molecule has 1 aliphatic rings. The number of ketones is 1. The number of nitrogens with zero attached hydrogens (tertiary/aromatic N) is 1. The first kappa shape index (κ1) is 18.2. The zero-order valence-electron chi connectivity index (χ0n) is 13.0. The lowest BCUT2D eigenvalue weighted by Crippen LogP contribution is -2.42. The minimum atomic E-state index is -0.678. The summed E-state index contributed by atoms with van der Waals surface area (Å²) in [6, 6.07) is 2.13. The molecule has 1 aliphatic carbocycles. The van der Waals surface area contributed by atoms with Gasteiger partial charge in [-0.1, -0.05) is 29.8 Å². The number of nitriles is 1. The van der Waals surface area contributed by atoms with Crippen molar-refractivity contribution in [3.05, 3.63) is 0 Å². The Labute approximate surface area is 135 Å². The SMILES string of the molecule is CCOC(=O)C(CCCBr)C1CC(C)(C)CC(=O)C1C#N. The molecule has 0 spiro atoms. The number of alkyl halides is 1. The molecule has 118 valence electrons. The molecule has 3 unspecified atom stereocenters. The van der Waals surface area contributed by atoms with Gasteiger partial charge >= 0.3 is 5.97 Å². The number of halogens is 1. The second-order valence-corrected chi connectivity index (χ2v) is 7.26. The van der Waals surface area contributed by atoms with E-state index in [0.717, 1.165) is 11.8 Å². The van der Waals surface area contributed by atoms with Gasteiger partial charge in [0.05, 0.1) is 18.6 Å². The molecule has 0 aliphatic heterocycles. The molecule has 5 heteroatoms. The van der Waals surface area contributed by atoms with Crippen molar-refractivity contribution in [2.75, 3.05) is 11.9 Å². The van der Waals surface area contributed by atoms with Crippen molar-refractivity contribution in [3.63, 3.8) is 0 Å². The average Bonchev–Trinajstić information content (AvgIpc) is 2.38. The van der Waals surface area contributed by atoms with Crippen molar-refractivity contribution in [2.24, 2.45) is 23.2 Å². The molecule has 1 fully saturated rings. The number of Topliss-reactive ketones (excluding diaryl/α,β-unsaturated/α-hetero) is 1. The molecule has 0 saturated heterocycles. The Balaban J connectivity index is 3.03. The fourth-order valence-corrected chi connectivity index (χ4v) is 3.57. The van der Waals surface area contributed by atoms with Gasteiger partial charge in [0, 0.05) is 11.8 Å². The Morgan fingerprint density at radius 2 is 2.24 bits per heavy atom. The van der Waals surface area contributed by atoms with Gasteiger partial charge in [0.1, 0.15) is 5.92 Å². The molecule has 4 nitrogen and oxygen atoms in total. The number of rotatable bonds is 6. The number of carbonyl (C=O) groups is 2. The minimum Gasteiger partial charge on any atom is -0.466 e. The van der Waals surface area contributed by atoms with Crippen LogP contribution >= 0.6 is 15.9 Å². The van der Waals surface area contributed by atoms with Gasteiger partial charge in [0.15, 0.2) is 5.78 Å². The third kappa shape index (κ3) is 4.81. The summed E-state index contributed by atoms with van der Waals surface area (Å²) in [7, 11) is 0. The molecule has 0 N–H and O–H groups in total. The van der Waals surface area contributed by atoms with E-state index >= 15 is 0 Å². The zero-order chi connectivity index (χ0) is 16.0. The van der Waals surface area contributed by atoms with Crippen LogP contribution in [0, 0.1) is 34.5 Å². The summed E-state index contributed by atoms with van der Waals surface area (Å²) in [4.78, 5) is 24.5. The molecule has 0 aromatic heterocycles. The summed E-state index contributed by atoms with van der Waals surface area (Å²) in [5.74, 6) is -1.58. The van der Waals surface area contributed by atoms with Crippen molar-refractivity contribution in [2.45, 2.75) is 46.5 Å². The highest BCUT2D eigenvalue weighted by Crippen LogP contribution is 2.44. The zero-order valence-corrected chi connectivity index (χ0v) is 14.6. The summed E-state index contributed by atoms with van der Waals surface area (Å²) in [6.07, 6.45) is 2.60. The Bertz CT molecular complexity index is 428. The molecular weight excluding hydrogens is 334 g/mol. The van der Waals surface area contributed by atoms with E-state index < -0.39 is 5.92 Å². The van der Waals surface area contributed by atoms with Crippen LogP contribution in [-0.4, -0.2) is 23.7 Å². The molecular formula is C16H24BrNO3. The molecule has 0 amide bonds. The van der Waals surface area contributed by atoms with Crippen LogP contribution in [0.2, 0.25) is 0 Å². The van der Waals surface area contributed by atoms with Crippen LogP contribution in [0.1, 0.15) is 46.5 Å². The highest BCUT2D eigenvalue weighted by atomic mass is 79.9. The number of carbonyl (C=O) groups excluding carboxylic acids is 2. The van der Waals surface area contributed by atoms with Crippen LogP contribution in [0.4, 0.5) is 0 Å². The van der Waals surface area contributed by atoms with Crippen molar-refractivity contribution in [3.8, 4) is 6.07 Å². The first-order valence-electron chi connectivity index (χ1n) is 7.51. The summed E-state index contributed by atoms with van der Waals surface area (Å²) in [5, 5.41) is 10.2. The van der Waals surface area contributed by atoms with Gasteiger partial charge < -0.3 is 4.74 Å². The molecule has 0 bridgehead atoms. The maximum atomic E-state index is 12.3. The predicted molar refractivity (Wildman–Crippen MR) is 83.8 cm³/mol. The standard InChI is InChI=1S/C16H24BrNO3/c1-4-21-15(20)11(6-5-7-17)12-8-16(2,3)9-14(19)13(12)10-18/h11-13H,4-9H2,1-3H3. The van der Waals surface area contributed by atoms with Gasteiger partial charge in [-0.2, -0.15) is 5.26 Å². The lowest BCUT2D eigenvalue weighted by atomic mass is 9.62. The van der Waals surface area contributed by atoms with E-state index in [9.17, 15) is 14.9 Å². The van der Waals surface area contributed by atoms with Crippen molar-refractivity contribution in [1.29, 1.82) is 5.26 Å². The van der Waals surface area contributed by atoms with Crippen LogP contribution in [0.5, 0.6) is 0 Å². The second-order valence-electron chi connectivity index (χ2n) is 6.47. The average molecular weight is 358 g/mol. The summed E-state index contributed by atoms with van der Waals surface area (Å²) < 4.78 is 5.18. The van der Waals surface area contributed by atoms with Crippen LogP contribution in [0.25, 0.3) is 0 Å². The largest absolute Gasteiger partial charge is 0.466 e. The van der Waals surface area contributed by atoms with Crippen molar-refractivity contribution >= 4 is 27.7 Å². The van der Waals surface area contributed by atoms with Gasteiger partial charge in [-0.25, -0.2) is 0 Å². The van der Waals surface area contributed by atoms with E-state index in [-0.39, 0.29) is 29.0 Å². The van der Waals surface area contributed by atoms with E-state index in [1.165, 1.54) is 0 Å². The highest BCUT2D eigenvalue weighted by Gasteiger charge is 2.46. The minimum absolute atomic E-state index is 0.0353. The number of hydrogen-bond donors (Lipinski definition) is 0. The first-order valence-corrected chi connectivity index (χ1v) is 8.63. The van der Waals surface area contributed by atoms with Gasteiger partial charge in [0.2, 0.25) is 0 Å². The molecule has 0 aromatic rings. The second kappa shape index (κ2) is 7.93. The topological polar surface area (TPSA) is 67.2 Å². The molecule has 0 heterocycles. The van der Waals surface area contributed by atoms with Crippen molar-refractivity contribution in [1.82, 2.24) is 0 Å². The summed E-state index contributed by atoms with van der Waals surface area (Å²) in [6.45, 7) is 6.15. The molecule has 0 radical (unpaired) electrons. The van der Waals surface area contributed by atoms with E-state index in [1.54, 1.807) is 6.92 Å². The van der Waals surface area contributed by atoms with Crippen LogP contribution < -0.4 is 0 Å². The van der Waals surface area contributed by atoms with Crippen LogP contribution in [0.15, 0.2) is 0 Å². The quantitative estimate of drug-likeness (QED) is 0.539. The molecule has 1 saturated carbocycles. The molecule has 21 heavy (non-hydrogen) atoms. The van der Waals surface area contributed by atoms with E-state index in [2.05, 4.69) is 22.0 Å². The van der Waals surface area contributed by atoms with Gasteiger partial charge in [-0.05, 0) is 37.5 Å². The fourth-order valence-electron chi connectivity index (χ4n) is 3.24. The fraction of sp³-hybridized carbons (Fsp3) is 0.812. The Kier molecular flexibility index (Phi) is 6.86. The Morgan fingerprint density at radius 1 is 1.57 bits per heavy atom. The number of hydrogen-bond acceptors (Lipinski definition) is 4. The molecule has 3 atom stereocenters. The third-order valence-corrected chi connectivity index (χ3v) is 4.67. The first-order chi connectivity index (χ1) is 9.86. The summed E-state index contributed by atoms with van der Waals surface area (Å²) in [5.41, 5.74) is -0.158. The molecule has 1 rings (SSSR count). The van der Waals surface area contributed by atoms with E-state index in [4.69, 9.17) is 4.74 Å². The lowest BCUT2D eigenvalue weighted by molar-refractivity contribution is -0.153. The highest BCUT2D eigenvalue weighted by molar-refractivity contribution is 9.09. The van der Waals surface area contributed by atoms with Gasteiger partial charge in [0.25, 0.3) is 0 Å². The van der Waals surface area contributed by atoms with E-state index in [1.807, 2.05) is 13.8 Å². The third-order valence-electron chi connectivity index (χ3n) is 4.11. The van der Waals surface area contributed by atoms with Crippen molar-refractivity contribution < 1.29 is 14.3 Å². The van der Waals surface area contributed by atoms with E-state index in [0.29, 0.717) is 25.9 Å². The monoisotopic (exact) mass is 357 g/mol. The normalized spacial score (nSPS) is 26.0. The predicted octanol–water partition coefficient (Wildman–Crippen LogP) is 3.49. The smallest absolute Gasteiger partial charge is 0.309 e. The van der Waals surface area contributed by atoms with Gasteiger partial charge in [-0.3, -0.25) is 9.59 Å². The number of ether oxygens (including phenoxy) is 1. The van der Waals surface area contributed by atoms with Gasteiger partial charge in [-0.15, -0.1) is 0 Å².